The van der Waals surface area contributed by atoms with E-state index in [0.717, 1.165) is 40.2 Å². The van der Waals surface area contributed by atoms with E-state index in [1.807, 2.05) is 0 Å². The van der Waals surface area contributed by atoms with Crippen molar-refractivity contribution in [3.8, 4) is 0 Å². The van der Waals surface area contributed by atoms with Crippen molar-refractivity contribution in [3.05, 3.63) is 32.6 Å². The number of phosphoric acid groups is 1. The van der Waals surface area contributed by atoms with Gasteiger partial charge in [0.1, 0.15) is 24.5 Å². The molecule has 2 fully saturated rings. The second-order valence-electron chi connectivity index (χ2n) is 16.6. The van der Waals surface area contributed by atoms with Gasteiger partial charge < -0.3 is 38.4 Å². The summed E-state index contributed by atoms with van der Waals surface area (Å²) in [7, 11) is 10.6. The average Bonchev–Trinajstić information content (AvgIpc) is 3.48. The molecule has 2 saturated heterocycles. The van der Waals surface area contributed by atoms with Crippen LogP contribution in [-0.2, 0) is 44.0 Å². The van der Waals surface area contributed by atoms with E-state index in [0.29, 0.717) is 63.7 Å². The van der Waals surface area contributed by atoms with E-state index in [9.17, 15) is 33.4 Å². The second-order valence-corrected chi connectivity index (χ2v) is 18.1. The van der Waals surface area contributed by atoms with Gasteiger partial charge in [-0.2, -0.15) is 0 Å². The van der Waals surface area contributed by atoms with Gasteiger partial charge in [-0.3, -0.25) is 37.4 Å². The summed E-state index contributed by atoms with van der Waals surface area (Å²) in [5.41, 5.74) is -0.712. The van der Waals surface area contributed by atoms with Gasteiger partial charge in [-0.15, -0.1) is 0 Å². The molecule has 5 unspecified atom stereocenters. The van der Waals surface area contributed by atoms with E-state index in [1.165, 1.54) is 17.9 Å². The summed E-state index contributed by atoms with van der Waals surface area (Å²) in [6.45, 7) is 4.57. The molecule has 2 N–H and O–H groups in total. The van der Waals surface area contributed by atoms with Crippen molar-refractivity contribution in [2.45, 2.75) is 89.3 Å². The lowest BCUT2D eigenvalue weighted by Gasteiger charge is -2.41. The van der Waals surface area contributed by atoms with Crippen molar-refractivity contribution < 1.29 is 51.3 Å². The number of hydrogen-bond donors (Lipinski definition) is 2. The number of phosphoric ester groups is 1. The first-order valence-electron chi connectivity index (χ1n) is 19.2. The molecule has 0 radical (unpaired) electrons. The highest BCUT2D eigenvalue weighted by Crippen LogP contribution is 2.47. The van der Waals surface area contributed by atoms with Gasteiger partial charge in [-0.05, 0) is 26.2 Å². The highest BCUT2D eigenvalue weighted by molar-refractivity contribution is 7.47. The van der Waals surface area contributed by atoms with Crippen LogP contribution in [0.5, 0.6) is 0 Å². The van der Waals surface area contributed by atoms with Gasteiger partial charge in [0.2, 0.25) is 17.7 Å². The van der Waals surface area contributed by atoms with Crippen molar-refractivity contribution in [1.29, 1.82) is 0 Å². The summed E-state index contributed by atoms with van der Waals surface area (Å²) in [6, 6.07) is -0.790. The summed E-state index contributed by atoms with van der Waals surface area (Å²) < 4.78 is 37.0. The zero-order valence-electron chi connectivity index (χ0n) is 34.4. The summed E-state index contributed by atoms with van der Waals surface area (Å²) in [5, 5.41) is 2.96. The Kier molecular flexibility index (Phi) is 17.3. The lowest BCUT2D eigenvalue weighted by Crippen LogP contribution is -2.61. The highest BCUT2D eigenvalue weighted by atomic mass is 31.2. The van der Waals surface area contributed by atoms with Crippen LogP contribution in [0.25, 0.3) is 0 Å². The number of ether oxygens (including phenoxy) is 2. The van der Waals surface area contributed by atoms with Gasteiger partial charge in [-0.1, -0.05) is 0 Å². The van der Waals surface area contributed by atoms with Crippen LogP contribution in [0.2, 0.25) is 0 Å². The smallest absolute Gasteiger partial charge is 0.382 e. The number of aromatic nitrogens is 2. The second kappa shape index (κ2) is 20.5. The van der Waals surface area contributed by atoms with Crippen LogP contribution < -0.4 is 16.6 Å². The Morgan fingerprint density at radius 2 is 1.58 bits per heavy atom. The number of aryl methyl sites for hydroxylation is 1. The number of quaternary nitrogens is 2. The topological polar surface area (TPSA) is 188 Å². The van der Waals surface area contributed by atoms with Crippen LogP contribution >= 0.6 is 7.82 Å². The van der Waals surface area contributed by atoms with Crippen LogP contribution in [0.1, 0.15) is 63.2 Å². The number of nitrogens with one attached hydrogen (secondary N) is 1. The Balaban J connectivity index is 1.60. The number of amides is 3. The summed E-state index contributed by atoms with van der Waals surface area (Å²) in [5.74, 6) is -0.419. The normalized spacial score (nSPS) is 21.8. The molecule has 55 heavy (non-hydrogen) atoms. The third-order valence-electron chi connectivity index (χ3n) is 9.84. The molecule has 1 aromatic rings. The molecule has 2 aliphatic heterocycles. The lowest BCUT2D eigenvalue weighted by molar-refractivity contribution is -0.870. The van der Waals surface area contributed by atoms with Gasteiger partial charge >= 0.3 is 13.5 Å². The number of methoxy groups -OCH3 is 1. The molecule has 0 spiro atoms. The van der Waals surface area contributed by atoms with Crippen LogP contribution in [0.4, 0.5) is 0 Å². The number of carbonyl (C=O) groups is 3. The van der Waals surface area contributed by atoms with Crippen LogP contribution in [0, 0.1) is 6.92 Å². The predicted octanol–water partition coefficient (Wildman–Crippen LogP) is 0.683. The minimum Gasteiger partial charge on any atom is -0.382 e. The Morgan fingerprint density at radius 3 is 2.18 bits per heavy atom. The quantitative estimate of drug-likeness (QED) is 0.101. The lowest BCUT2D eigenvalue weighted by atomic mass is 10.1. The Bertz CT molecular complexity index is 1620. The Labute approximate surface area is 325 Å². The molecule has 1 aromatic heterocycles. The van der Waals surface area contributed by atoms with Gasteiger partial charge in [0, 0.05) is 84.3 Å². The summed E-state index contributed by atoms with van der Waals surface area (Å²) in [4.78, 5) is 79.8. The van der Waals surface area contributed by atoms with Crippen molar-refractivity contribution in [2.24, 2.45) is 0 Å². The van der Waals surface area contributed by atoms with Crippen molar-refractivity contribution >= 4 is 25.5 Å². The summed E-state index contributed by atoms with van der Waals surface area (Å²) in [6.07, 6.45) is 2.64. The molecule has 5 atom stereocenters. The first-order chi connectivity index (χ1) is 25.7. The average molecular weight is 804 g/mol. The molecule has 19 heteroatoms. The van der Waals surface area contributed by atoms with Gasteiger partial charge in [-0.25, -0.2) is 9.36 Å². The maximum atomic E-state index is 13.6. The molecule has 314 valence electrons. The summed E-state index contributed by atoms with van der Waals surface area (Å²) >= 11 is 0. The number of nitrogens with zero attached hydrogens (tertiary/aromatic N) is 6. The van der Waals surface area contributed by atoms with E-state index in [1.54, 1.807) is 16.7 Å². The molecule has 3 rings (SSSR count). The van der Waals surface area contributed by atoms with Gasteiger partial charge in [0.25, 0.3) is 5.56 Å². The molecule has 0 aromatic carbocycles. The molecule has 18 nitrogen and oxygen atoms in total. The molecule has 0 aliphatic carbocycles. The monoisotopic (exact) mass is 803 g/mol. The molecular weight excluding hydrogens is 737 g/mol. The molecular formula is C36H66N7O11P+2. The van der Waals surface area contributed by atoms with Crippen LogP contribution in [0.15, 0.2) is 15.8 Å². The maximum Gasteiger partial charge on any atom is 0.472 e. The van der Waals surface area contributed by atoms with Gasteiger partial charge in [0.15, 0.2) is 0 Å². The zero-order chi connectivity index (χ0) is 41.1. The van der Waals surface area contributed by atoms with Crippen LogP contribution in [-0.4, -0.2) is 171 Å². The van der Waals surface area contributed by atoms with E-state index >= 15 is 0 Å². The van der Waals surface area contributed by atoms with Gasteiger partial charge in [0.05, 0.1) is 68.5 Å². The number of carbonyl (C=O) groups excluding carboxylic acids is 3. The molecule has 3 amide bonds. The predicted molar refractivity (Wildman–Crippen MR) is 205 cm³/mol. The van der Waals surface area contributed by atoms with Crippen molar-refractivity contribution in [1.82, 2.24) is 24.3 Å². The SMILES string of the molecule is COCC1OC(n2cc(C)c(=O)n(CCCCCNC(=O)C3CN(C(=O)CCC[N+](C)(C)C)CCN3C(=O)CCC[N+](C)(C)C)c2=O)CC1OP(=O)(O)OC. The third-order valence-corrected chi connectivity index (χ3v) is 10.8. The third kappa shape index (κ3) is 14.5. The fraction of sp³-hybridized carbons (Fsp3) is 0.806. The number of hydrogen-bond acceptors (Lipinski definition) is 10. The number of rotatable bonds is 21. The van der Waals surface area contributed by atoms with Crippen LogP contribution in [0.3, 0.4) is 0 Å². The molecule has 0 bridgehead atoms. The molecule has 2 aliphatic rings. The van der Waals surface area contributed by atoms with Crippen molar-refractivity contribution in [2.75, 3.05) is 102 Å². The first kappa shape index (κ1) is 46.4. The Morgan fingerprint density at radius 1 is 0.945 bits per heavy atom. The first-order valence-corrected chi connectivity index (χ1v) is 20.7. The fourth-order valence-corrected chi connectivity index (χ4v) is 7.47. The molecule has 3 heterocycles. The molecule has 0 saturated carbocycles. The van der Waals surface area contributed by atoms with E-state index in [2.05, 4.69) is 52.1 Å². The van der Waals surface area contributed by atoms with E-state index in [4.69, 9.17) is 14.0 Å². The van der Waals surface area contributed by atoms with Crippen molar-refractivity contribution in [3.63, 3.8) is 0 Å². The zero-order valence-corrected chi connectivity index (χ0v) is 35.3. The minimum absolute atomic E-state index is 0.0154. The largest absolute Gasteiger partial charge is 0.472 e. The Hall–Kier alpha value is -2.96. The maximum absolute atomic E-state index is 13.6. The number of piperazine rings is 1. The van der Waals surface area contributed by atoms with E-state index < -0.39 is 43.5 Å². The fourth-order valence-electron chi connectivity index (χ4n) is 6.82. The number of unbranched alkanes of at least 4 members (excludes halogenated alkanes) is 2. The highest BCUT2D eigenvalue weighted by Gasteiger charge is 2.42. The minimum atomic E-state index is -4.35. The van der Waals surface area contributed by atoms with E-state index in [-0.39, 0.29) is 43.8 Å². The standard InChI is InChI=1S/C36H64N7O11P/c1-27-24-41(33-23-29(30(53-33)26-51-8)54-55(49,50)52-9)36(48)40(35(27)47)18-12-10-11-17-37-34(46)28-25-38(31(44)15-13-21-42(2,3)4)19-20-39(28)32(45)16-14-22-43(5,6)7/h24,28-30,33H,10-23,25-26H2,1-9H3/p+2.